The number of fused-ring (bicyclic) bond motifs is 3. The van der Waals surface area contributed by atoms with Crippen LogP contribution in [-0.4, -0.2) is 54.4 Å². The zero-order valence-electron chi connectivity index (χ0n) is 15.0. The molecule has 0 saturated carbocycles. The van der Waals surface area contributed by atoms with Gasteiger partial charge in [0, 0.05) is 5.56 Å². The summed E-state index contributed by atoms with van der Waals surface area (Å²) in [6.45, 7) is 6.61. The van der Waals surface area contributed by atoms with E-state index in [1.165, 1.54) is 0 Å². The minimum Gasteiger partial charge on any atom is -0.491 e. The number of hydrogen-bond acceptors (Lipinski definition) is 5. The number of aliphatic hydroxyl groups is 1. The highest BCUT2D eigenvalue weighted by molar-refractivity contribution is 5.90. The van der Waals surface area contributed by atoms with Crippen molar-refractivity contribution in [3.63, 3.8) is 0 Å². The Bertz CT molecular complexity index is 633. The predicted molar refractivity (Wildman–Crippen MR) is 96.7 cm³/mol. The van der Waals surface area contributed by atoms with E-state index in [-0.39, 0.29) is 18.1 Å². The van der Waals surface area contributed by atoms with E-state index in [0.29, 0.717) is 24.7 Å². The van der Waals surface area contributed by atoms with Gasteiger partial charge in [-0.15, -0.1) is 0 Å². The minimum atomic E-state index is -0.328. The second kappa shape index (κ2) is 8.02. The van der Waals surface area contributed by atoms with Crippen molar-refractivity contribution in [3.05, 3.63) is 35.4 Å². The van der Waals surface area contributed by atoms with E-state index in [0.717, 1.165) is 37.2 Å². The molecule has 5 heteroatoms. The molecule has 1 aromatic carbocycles. The standard InChI is InChI=1S/C20H27NO4/c1-3-5-15-12-16(20(23)24-4-2)6-7-18(15)25-13-17-19(22)14-8-10-21(17)11-9-14/h3,5-7,12,14,17,19,22H,4,8-11,13H2,1-2H3. The maximum Gasteiger partial charge on any atom is 0.338 e. The average molecular weight is 345 g/mol. The van der Waals surface area contributed by atoms with Crippen LogP contribution in [-0.2, 0) is 4.74 Å². The molecule has 3 aliphatic rings. The fraction of sp³-hybridized carbons (Fsp3) is 0.550. The normalized spacial score (nSPS) is 28.3. The SMILES string of the molecule is CC=Cc1cc(C(=O)OCC)ccc1OCC1C(O)C2CCN1CC2. The summed E-state index contributed by atoms with van der Waals surface area (Å²) in [5.41, 5.74) is 1.36. The monoisotopic (exact) mass is 345 g/mol. The molecule has 1 aromatic rings. The number of rotatable bonds is 6. The van der Waals surface area contributed by atoms with Crippen LogP contribution in [0.5, 0.6) is 5.75 Å². The number of hydrogen-bond donors (Lipinski definition) is 1. The van der Waals surface area contributed by atoms with E-state index in [1.54, 1.807) is 19.1 Å². The van der Waals surface area contributed by atoms with Gasteiger partial charge in [0.05, 0.1) is 24.3 Å². The Kier molecular flexibility index (Phi) is 5.76. The molecule has 3 heterocycles. The number of nitrogens with zero attached hydrogens (tertiary/aromatic N) is 1. The van der Waals surface area contributed by atoms with E-state index in [1.807, 2.05) is 25.1 Å². The quantitative estimate of drug-likeness (QED) is 0.804. The van der Waals surface area contributed by atoms with Gasteiger partial charge in [0.2, 0.25) is 0 Å². The van der Waals surface area contributed by atoms with Crippen LogP contribution < -0.4 is 4.74 Å². The molecule has 0 aromatic heterocycles. The number of carbonyl (C=O) groups is 1. The van der Waals surface area contributed by atoms with Gasteiger partial charge in [-0.2, -0.15) is 0 Å². The summed E-state index contributed by atoms with van der Waals surface area (Å²) < 4.78 is 11.1. The first-order valence-electron chi connectivity index (χ1n) is 9.12. The molecule has 2 atom stereocenters. The first-order valence-corrected chi connectivity index (χ1v) is 9.12. The van der Waals surface area contributed by atoms with Gasteiger partial charge < -0.3 is 14.6 Å². The van der Waals surface area contributed by atoms with Crippen molar-refractivity contribution in [3.8, 4) is 5.75 Å². The van der Waals surface area contributed by atoms with Crippen LogP contribution in [0.1, 0.15) is 42.6 Å². The molecule has 3 saturated heterocycles. The highest BCUT2D eigenvalue weighted by atomic mass is 16.5. The van der Waals surface area contributed by atoms with E-state index in [9.17, 15) is 9.90 Å². The van der Waals surface area contributed by atoms with Crippen LogP contribution in [0.25, 0.3) is 6.08 Å². The number of ether oxygens (including phenoxy) is 2. The van der Waals surface area contributed by atoms with Gasteiger partial charge in [-0.1, -0.05) is 12.2 Å². The maximum atomic E-state index is 11.9. The van der Waals surface area contributed by atoms with Gasteiger partial charge >= 0.3 is 5.97 Å². The Labute approximate surface area is 149 Å². The molecule has 2 unspecified atom stereocenters. The largest absolute Gasteiger partial charge is 0.491 e. The highest BCUT2D eigenvalue weighted by Crippen LogP contribution is 2.33. The first kappa shape index (κ1) is 18.0. The van der Waals surface area contributed by atoms with Gasteiger partial charge in [-0.3, -0.25) is 4.90 Å². The Morgan fingerprint density at radius 1 is 1.36 bits per heavy atom. The Morgan fingerprint density at radius 2 is 2.12 bits per heavy atom. The average Bonchev–Trinajstić information content (AvgIpc) is 2.63. The molecule has 0 spiro atoms. The number of aliphatic hydroxyl groups excluding tert-OH is 1. The lowest BCUT2D eigenvalue weighted by Crippen LogP contribution is -2.59. The summed E-state index contributed by atoms with van der Waals surface area (Å²) in [5.74, 6) is 0.798. The number of allylic oxidation sites excluding steroid dienone is 1. The fourth-order valence-corrected chi connectivity index (χ4v) is 3.83. The fourth-order valence-electron chi connectivity index (χ4n) is 3.83. The van der Waals surface area contributed by atoms with E-state index in [4.69, 9.17) is 9.47 Å². The Hall–Kier alpha value is -1.85. The second-order valence-corrected chi connectivity index (χ2v) is 6.72. The van der Waals surface area contributed by atoms with Crippen molar-refractivity contribution in [2.24, 2.45) is 5.92 Å². The van der Waals surface area contributed by atoms with Crippen LogP contribution in [0.4, 0.5) is 0 Å². The van der Waals surface area contributed by atoms with Crippen molar-refractivity contribution in [1.29, 1.82) is 0 Å². The van der Waals surface area contributed by atoms with Crippen molar-refractivity contribution < 1.29 is 19.4 Å². The Balaban J connectivity index is 1.72. The molecule has 2 bridgehead atoms. The number of carbonyl (C=O) groups excluding carboxylic acids is 1. The van der Waals surface area contributed by atoms with Crippen LogP contribution >= 0.6 is 0 Å². The molecule has 0 amide bonds. The lowest BCUT2D eigenvalue weighted by atomic mass is 9.81. The number of piperidine rings is 3. The summed E-state index contributed by atoms with van der Waals surface area (Å²) >= 11 is 0. The highest BCUT2D eigenvalue weighted by Gasteiger charge is 2.41. The van der Waals surface area contributed by atoms with Crippen LogP contribution in [0.15, 0.2) is 24.3 Å². The molecular formula is C20H27NO4. The van der Waals surface area contributed by atoms with Crippen molar-refractivity contribution in [1.82, 2.24) is 4.90 Å². The minimum absolute atomic E-state index is 0.0516. The van der Waals surface area contributed by atoms with Gasteiger partial charge in [0.25, 0.3) is 0 Å². The molecule has 0 radical (unpaired) electrons. The number of benzene rings is 1. The smallest absolute Gasteiger partial charge is 0.338 e. The second-order valence-electron chi connectivity index (χ2n) is 6.72. The third kappa shape index (κ3) is 3.88. The molecule has 136 valence electrons. The number of esters is 1. The molecule has 3 aliphatic heterocycles. The maximum absolute atomic E-state index is 11.9. The molecule has 5 nitrogen and oxygen atoms in total. The molecule has 1 N–H and O–H groups in total. The van der Waals surface area contributed by atoms with E-state index >= 15 is 0 Å². The zero-order chi connectivity index (χ0) is 17.8. The van der Waals surface area contributed by atoms with Gasteiger partial charge in [-0.05, 0) is 63.9 Å². The van der Waals surface area contributed by atoms with Gasteiger partial charge in [-0.25, -0.2) is 4.79 Å². The predicted octanol–water partition coefficient (Wildman–Crippen LogP) is 2.73. The Morgan fingerprint density at radius 3 is 2.76 bits per heavy atom. The van der Waals surface area contributed by atoms with Crippen molar-refractivity contribution in [2.75, 3.05) is 26.3 Å². The molecule has 0 aliphatic carbocycles. The lowest BCUT2D eigenvalue weighted by Gasteiger charge is -2.48. The van der Waals surface area contributed by atoms with E-state index < -0.39 is 0 Å². The molecular weight excluding hydrogens is 318 g/mol. The molecule has 3 fully saturated rings. The topological polar surface area (TPSA) is 59.0 Å². The summed E-state index contributed by atoms with van der Waals surface area (Å²) in [6, 6.07) is 5.38. The zero-order valence-corrected chi connectivity index (χ0v) is 15.0. The third-order valence-electron chi connectivity index (χ3n) is 5.20. The van der Waals surface area contributed by atoms with Gasteiger partial charge in [0.15, 0.2) is 0 Å². The molecule has 25 heavy (non-hydrogen) atoms. The van der Waals surface area contributed by atoms with E-state index in [2.05, 4.69) is 4.90 Å². The summed E-state index contributed by atoms with van der Waals surface area (Å²) in [4.78, 5) is 14.2. The van der Waals surface area contributed by atoms with Crippen molar-refractivity contribution in [2.45, 2.75) is 38.8 Å². The van der Waals surface area contributed by atoms with Crippen LogP contribution in [0.3, 0.4) is 0 Å². The summed E-state index contributed by atoms with van der Waals surface area (Å²) in [5, 5.41) is 10.5. The van der Waals surface area contributed by atoms with Gasteiger partial charge in [0.1, 0.15) is 12.4 Å². The van der Waals surface area contributed by atoms with Crippen molar-refractivity contribution >= 4 is 12.0 Å². The first-order chi connectivity index (χ1) is 12.1. The third-order valence-corrected chi connectivity index (χ3v) is 5.20. The molecule has 4 rings (SSSR count). The summed E-state index contributed by atoms with van der Waals surface area (Å²) in [7, 11) is 0. The summed E-state index contributed by atoms with van der Waals surface area (Å²) in [6.07, 6.45) is 5.68. The van der Waals surface area contributed by atoms with Crippen LogP contribution in [0, 0.1) is 5.92 Å². The van der Waals surface area contributed by atoms with Crippen LogP contribution in [0.2, 0.25) is 0 Å². The lowest BCUT2D eigenvalue weighted by molar-refractivity contribution is -0.0849.